The summed E-state index contributed by atoms with van der Waals surface area (Å²) in [6.45, 7) is 6.37. The third kappa shape index (κ3) is 17.5. The lowest BCUT2D eigenvalue weighted by atomic mass is 10.0. The Hall–Kier alpha value is -1.71. The zero-order valence-corrected chi connectivity index (χ0v) is 16.6. The summed E-state index contributed by atoms with van der Waals surface area (Å²) in [5.41, 5.74) is 5.18. The van der Waals surface area contributed by atoms with E-state index in [9.17, 15) is 14.4 Å². The number of carbonyl (C=O) groups excluding carboxylic acids is 3. The first-order valence-corrected chi connectivity index (χ1v) is 9.53. The van der Waals surface area contributed by atoms with Gasteiger partial charge in [0.1, 0.15) is 13.2 Å². The van der Waals surface area contributed by atoms with Gasteiger partial charge in [-0.2, -0.15) is 0 Å². The van der Waals surface area contributed by atoms with Crippen molar-refractivity contribution in [3.63, 3.8) is 0 Å². The average molecular weight is 389 g/mol. The lowest BCUT2D eigenvalue weighted by molar-refractivity contribution is -0.127. The van der Waals surface area contributed by atoms with Crippen LogP contribution in [0.2, 0.25) is 0 Å². The van der Waals surface area contributed by atoms with Gasteiger partial charge in [-0.25, -0.2) is 0 Å². The Morgan fingerprint density at radius 1 is 0.852 bits per heavy atom. The maximum absolute atomic E-state index is 11.6. The van der Waals surface area contributed by atoms with E-state index in [1.165, 1.54) is 0 Å². The quantitative estimate of drug-likeness (QED) is 0.282. The Morgan fingerprint density at radius 2 is 1.44 bits per heavy atom. The van der Waals surface area contributed by atoms with Gasteiger partial charge >= 0.3 is 0 Å². The van der Waals surface area contributed by atoms with Crippen LogP contribution >= 0.6 is 0 Å². The van der Waals surface area contributed by atoms with Crippen LogP contribution in [0.25, 0.3) is 0 Å². The summed E-state index contributed by atoms with van der Waals surface area (Å²) < 4.78 is 15.6. The molecule has 0 bridgehead atoms. The molecule has 0 aliphatic rings. The zero-order valence-electron chi connectivity index (χ0n) is 16.6. The van der Waals surface area contributed by atoms with Crippen molar-refractivity contribution in [1.29, 1.82) is 0 Å². The van der Waals surface area contributed by atoms with Crippen LogP contribution in [0.15, 0.2) is 0 Å². The van der Waals surface area contributed by atoms with Gasteiger partial charge < -0.3 is 30.6 Å². The molecular weight excluding hydrogens is 354 g/mol. The molecule has 0 aromatic carbocycles. The first-order valence-electron chi connectivity index (χ1n) is 9.53. The van der Waals surface area contributed by atoms with E-state index in [1.807, 2.05) is 6.92 Å². The number of amides is 3. The van der Waals surface area contributed by atoms with Crippen molar-refractivity contribution in [1.82, 2.24) is 10.6 Å². The highest BCUT2D eigenvalue weighted by Gasteiger charge is 2.07. The van der Waals surface area contributed by atoms with Crippen molar-refractivity contribution in [2.24, 2.45) is 11.7 Å². The lowest BCUT2D eigenvalue weighted by Gasteiger charge is -2.09. The predicted octanol–water partition coefficient (Wildman–Crippen LogP) is -0.0297. The fourth-order valence-corrected chi connectivity index (χ4v) is 2.00. The van der Waals surface area contributed by atoms with E-state index in [0.29, 0.717) is 39.5 Å². The summed E-state index contributed by atoms with van der Waals surface area (Å²) in [5, 5.41) is 5.43. The van der Waals surface area contributed by atoms with Gasteiger partial charge in [0.25, 0.3) is 0 Å². The summed E-state index contributed by atoms with van der Waals surface area (Å²) in [5.74, 6) is -0.772. The number of primary amides is 1. The Morgan fingerprint density at radius 3 is 2.07 bits per heavy atom. The van der Waals surface area contributed by atoms with Crippen molar-refractivity contribution >= 4 is 17.7 Å². The monoisotopic (exact) mass is 389 g/mol. The van der Waals surface area contributed by atoms with E-state index >= 15 is 0 Å². The number of ether oxygens (including phenoxy) is 3. The molecule has 0 spiro atoms. The van der Waals surface area contributed by atoms with Gasteiger partial charge in [-0.05, 0) is 19.3 Å². The topological polar surface area (TPSA) is 129 Å². The lowest BCUT2D eigenvalue weighted by Crippen LogP contribution is -2.31. The molecule has 0 unspecified atom stereocenters. The first kappa shape index (κ1) is 25.3. The minimum atomic E-state index is -0.293. The molecule has 0 aliphatic heterocycles. The molecule has 0 saturated carbocycles. The maximum atomic E-state index is 11.6. The molecule has 0 radical (unpaired) electrons. The molecule has 158 valence electrons. The van der Waals surface area contributed by atoms with E-state index in [0.717, 1.165) is 25.7 Å². The molecule has 0 aliphatic carbocycles. The van der Waals surface area contributed by atoms with Crippen LogP contribution in [-0.4, -0.2) is 70.5 Å². The van der Waals surface area contributed by atoms with E-state index in [4.69, 9.17) is 19.9 Å². The number of rotatable bonds is 18. The molecule has 9 nitrogen and oxygen atoms in total. The molecule has 3 amide bonds. The van der Waals surface area contributed by atoms with Crippen LogP contribution in [0.3, 0.4) is 0 Å². The highest BCUT2D eigenvalue weighted by atomic mass is 16.5. The van der Waals surface area contributed by atoms with Crippen molar-refractivity contribution in [2.45, 2.75) is 39.5 Å². The largest absolute Gasteiger partial charge is 0.377 e. The molecule has 9 heteroatoms. The normalized spacial score (nSPS) is 11.8. The average Bonchev–Trinajstić information content (AvgIpc) is 2.63. The summed E-state index contributed by atoms with van der Waals surface area (Å²) in [6.07, 6.45) is 3.23. The summed E-state index contributed by atoms with van der Waals surface area (Å²) in [7, 11) is 0. The molecule has 4 N–H and O–H groups in total. The van der Waals surface area contributed by atoms with Crippen molar-refractivity contribution < 1.29 is 28.6 Å². The van der Waals surface area contributed by atoms with Crippen molar-refractivity contribution in [3.05, 3.63) is 0 Å². The summed E-state index contributed by atoms with van der Waals surface area (Å²) in [4.78, 5) is 33.8. The summed E-state index contributed by atoms with van der Waals surface area (Å²) in [6, 6.07) is 0. The molecule has 0 saturated heterocycles. The fourth-order valence-electron chi connectivity index (χ4n) is 2.00. The number of nitrogens with one attached hydrogen (secondary N) is 2. The molecule has 1 atom stereocenters. The van der Waals surface area contributed by atoms with Gasteiger partial charge in [-0.3, -0.25) is 14.4 Å². The minimum Gasteiger partial charge on any atom is -0.377 e. The second-order valence-electron chi connectivity index (χ2n) is 6.22. The fraction of sp³-hybridized carbons (Fsp3) is 0.833. The molecule has 0 aromatic rings. The smallest absolute Gasteiger partial charge is 0.246 e. The minimum absolute atomic E-state index is 0.0213. The van der Waals surface area contributed by atoms with E-state index < -0.39 is 0 Å². The molecule has 27 heavy (non-hydrogen) atoms. The van der Waals surface area contributed by atoms with Crippen LogP contribution in [0.5, 0.6) is 0 Å². The predicted molar refractivity (Wildman–Crippen MR) is 101 cm³/mol. The van der Waals surface area contributed by atoms with E-state index in [-0.39, 0.29) is 36.9 Å². The van der Waals surface area contributed by atoms with Gasteiger partial charge in [-0.15, -0.1) is 0 Å². The van der Waals surface area contributed by atoms with Gasteiger partial charge in [-0.1, -0.05) is 20.3 Å². The van der Waals surface area contributed by atoms with Crippen molar-refractivity contribution in [2.75, 3.05) is 52.7 Å². The third-order valence-electron chi connectivity index (χ3n) is 3.63. The number of hydrogen-bond acceptors (Lipinski definition) is 6. The molecule has 0 fully saturated rings. The highest BCUT2D eigenvalue weighted by molar-refractivity contribution is 5.77. The summed E-state index contributed by atoms with van der Waals surface area (Å²) >= 11 is 0. The SMILES string of the molecule is CCCOCC(=O)NCCOCCOCC(=O)NCCCC[C@H](C)C(N)=O. The van der Waals surface area contributed by atoms with Gasteiger partial charge in [0.15, 0.2) is 0 Å². The number of hydrogen-bond donors (Lipinski definition) is 3. The second-order valence-corrected chi connectivity index (χ2v) is 6.22. The third-order valence-corrected chi connectivity index (χ3v) is 3.63. The van der Waals surface area contributed by atoms with Crippen molar-refractivity contribution in [3.8, 4) is 0 Å². The Bertz CT molecular complexity index is 420. The van der Waals surface area contributed by atoms with Crippen LogP contribution in [0, 0.1) is 5.92 Å². The molecular formula is C18H35N3O6. The Kier molecular flexibility index (Phi) is 16.6. The first-order chi connectivity index (χ1) is 13.0. The Labute approximate surface area is 161 Å². The Balaban J connectivity index is 3.34. The van der Waals surface area contributed by atoms with Gasteiger partial charge in [0.05, 0.1) is 19.8 Å². The zero-order chi connectivity index (χ0) is 20.3. The molecule has 0 rings (SSSR count). The molecule has 0 aromatic heterocycles. The maximum Gasteiger partial charge on any atom is 0.246 e. The van der Waals surface area contributed by atoms with Gasteiger partial charge in [0, 0.05) is 25.6 Å². The van der Waals surface area contributed by atoms with Crippen LogP contribution < -0.4 is 16.4 Å². The number of unbranched alkanes of at least 4 members (excludes halogenated alkanes) is 1. The standard InChI is InChI=1S/C18H35N3O6/c1-3-9-26-13-17(23)21-8-10-25-11-12-27-14-16(22)20-7-5-4-6-15(2)18(19)24/h15H,3-14H2,1-2H3,(H2,19,24)(H,20,22)(H,21,23)/t15-/m0/s1. The van der Waals surface area contributed by atoms with Gasteiger partial charge in [0.2, 0.25) is 17.7 Å². The van der Waals surface area contributed by atoms with E-state index in [1.54, 1.807) is 6.92 Å². The second kappa shape index (κ2) is 17.7. The van der Waals surface area contributed by atoms with Crippen LogP contribution in [-0.2, 0) is 28.6 Å². The number of nitrogens with two attached hydrogens (primary N) is 1. The number of carbonyl (C=O) groups is 3. The highest BCUT2D eigenvalue weighted by Crippen LogP contribution is 2.05. The van der Waals surface area contributed by atoms with E-state index in [2.05, 4.69) is 10.6 Å². The molecule has 0 heterocycles. The van der Waals surface area contributed by atoms with Crippen LogP contribution in [0.1, 0.15) is 39.5 Å². The van der Waals surface area contributed by atoms with Crippen LogP contribution in [0.4, 0.5) is 0 Å².